The molecule has 2 amide bonds. The molecule has 0 bridgehead atoms. The number of nitrogens with one attached hydrogen (secondary N) is 1. The lowest BCUT2D eigenvalue weighted by Crippen LogP contribution is -2.41. The molecule has 1 saturated carbocycles. The summed E-state index contributed by atoms with van der Waals surface area (Å²) in [7, 11) is 0. The molecule has 1 heterocycles. The van der Waals surface area contributed by atoms with Crippen LogP contribution in [0.5, 0.6) is 0 Å². The normalized spacial score (nSPS) is 14.8. The first kappa shape index (κ1) is 13.6. The lowest BCUT2D eigenvalue weighted by molar-refractivity contribution is -0.127. The summed E-state index contributed by atoms with van der Waals surface area (Å²) in [5.74, 6) is 1.28. The lowest BCUT2D eigenvalue weighted by atomic mass is 9.85. The van der Waals surface area contributed by atoms with Gasteiger partial charge < -0.3 is 9.84 Å². The molecule has 1 aliphatic rings. The Morgan fingerprint density at radius 1 is 1.53 bits per heavy atom. The minimum absolute atomic E-state index is 0.0890. The first-order chi connectivity index (χ1) is 9.08. The van der Waals surface area contributed by atoms with Crippen molar-refractivity contribution in [3.05, 3.63) is 11.8 Å². The van der Waals surface area contributed by atoms with Crippen molar-refractivity contribution in [3.8, 4) is 0 Å². The maximum atomic E-state index is 11.7. The Morgan fingerprint density at radius 2 is 2.26 bits per heavy atom. The fraction of sp³-hybridized carbons (Fsp3) is 0.615. The van der Waals surface area contributed by atoms with E-state index in [9.17, 15) is 9.59 Å². The Morgan fingerprint density at radius 3 is 2.74 bits per heavy atom. The number of aromatic nitrogens is 1. The zero-order valence-electron chi connectivity index (χ0n) is 11.3. The number of amides is 2. The fourth-order valence-electron chi connectivity index (χ4n) is 2.02. The molecule has 1 fully saturated rings. The molecule has 6 nitrogen and oxygen atoms in total. The average molecular weight is 265 g/mol. The second-order valence-corrected chi connectivity index (χ2v) is 4.89. The maximum Gasteiger partial charge on any atom is 0.225 e. The number of hydrogen-bond acceptors (Lipinski definition) is 4. The molecule has 0 spiro atoms. The molecule has 1 aliphatic carbocycles. The van der Waals surface area contributed by atoms with Crippen molar-refractivity contribution >= 4 is 17.6 Å². The molecular weight excluding hydrogens is 246 g/mol. The lowest BCUT2D eigenvalue weighted by Gasteiger charge is -2.25. The van der Waals surface area contributed by atoms with Crippen LogP contribution >= 0.6 is 0 Å². The Hall–Kier alpha value is -1.85. The quantitative estimate of drug-likeness (QED) is 0.869. The van der Waals surface area contributed by atoms with E-state index in [0.29, 0.717) is 24.7 Å². The Balaban J connectivity index is 1.84. The van der Waals surface area contributed by atoms with Crippen LogP contribution in [0.2, 0.25) is 0 Å². The van der Waals surface area contributed by atoms with Gasteiger partial charge in [0.1, 0.15) is 5.76 Å². The molecule has 6 heteroatoms. The molecule has 1 aromatic rings. The molecule has 104 valence electrons. The number of aryl methyl sites for hydroxylation is 1. The van der Waals surface area contributed by atoms with Crippen molar-refractivity contribution in [2.24, 2.45) is 5.92 Å². The number of nitrogens with zero attached hydrogens (tertiary/aromatic N) is 2. The van der Waals surface area contributed by atoms with Crippen LogP contribution in [0.3, 0.4) is 0 Å². The highest BCUT2D eigenvalue weighted by Gasteiger charge is 2.25. The Bertz CT molecular complexity index is 465. The van der Waals surface area contributed by atoms with Crippen LogP contribution in [0.4, 0.5) is 5.82 Å². The van der Waals surface area contributed by atoms with Crippen molar-refractivity contribution in [1.29, 1.82) is 0 Å². The van der Waals surface area contributed by atoms with E-state index in [0.717, 1.165) is 19.3 Å². The zero-order chi connectivity index (χ0) is 13.8. The molecule has 0 aromatic carbocycles. The van der Waals surface area contributed by atoms with Crippen LogP contribution in [0.1, 0.15) is 31.9 Å². The third-order valence-electron chi connectivity index (χ3n) is 3.38. The van der Waals surface area contributed by atoms with Gasteiger partial charge in [-0.15, -0.1) is 0 Å². The SMILES string of the molecule is CC(=O)N(CCNC(=O)C1CCC1)c1cc(C)on1. The molecule has 1 N–H and O–H groups in total. The minimum Gasteiger partial charge on any atom is -0.360 e. The number of carbonyl (C=O) groups is 2. The van der Waals surface area contributed by atoms with E-state index in [1.807, 2.05) is 0 Å². The summed E-state index contributed by atoms with van der Waals surface area (Å²) in [6, 6.07) is 1.70. The topological polar surface area (TPSA) is 75.4 Å². The molecular formula is C13H19N3O3. The number of carbonyl (C=O) groups excluding carboxylic acids is 2. The molecule has 0 unspecified atom stereocenters. The second-order valence-electron chi connectivity index (χ2n) is 4.89. The van der Waals surface area contributed by atoms with Gasteiger partial charge in [0.15, 0.2) is 5.82 Å². The van der Waals surface area contributed by atoms with Crippen LogP contribution in [-0.4, -0.2) is 30.1 Å². The zero-order valence-corrected chi connectivity index (χ0v) is 11.3. The van der Waals surface area contributed by atoms with Crippen LogP contribution in [0.15, 0.2) is 10.6 Å². The van der Waals surface area contributed by atoms with Crippen molar-refractivity contribution in [1.82, 2.24) is 10.5 Å². The summed E-state index contributed by atoms with van der Waals surface area (Å²) < 4.78 is 4.96. The first-order valence-corrected chi connectivity index (χ1v) is 6.57. The fourth-order valence-corrected chi connectivity index (χ4v) is 2.02. The van der Waals surface area contributed by atoms with Crippen molar-refractivity contribution in [3.63, 3.8) is 0 Å². The largest absolute Gasteiger partial charge is 0.360 e. The van der Waals surface area contributed by atoms with E-state index in [2.05, 4.69) is 10.5 Å². The summed E-state index contributed by atoms with van der Waals surface area (Å²) in [5.41, 5.74) is 0. The van der Waals surface area contributed by atoms with E-state index in [-0.39, 0.29) is 17.7 Å². The van der Waals surface area contributed by atoms with Gasteiger partial charge in [-0.1, -0.05) is 11.6 Å². The van der Waals surface area contributed by atoms with E-state index in [1.54, 1.807) is 13.0 Å². The van der Waals surface area contributed by atoms with E-state index in [1.165, 1.54) is 11.8 Å². The van der Waals surface area contributed by atoms with Crippen molar-refractivity contribution in [2.75, 3.05) is 18.0 Å². The summed E-state index contributed by atoms with van der Waals surface area (Å²) >= 11 is 0. The van der Waals surface area contributed by atoms with Crippen LogP contribution < -0.4 is 10.2 Å². The van der Waals surface area contributed by atoms with Crippen molar-refractivity contribution < 1.29 is 14.1 Å². The number of anilines is 1. The summed E-state index contributed by atoms with van der Waals surface area (Å²) in [6.45, 7) is 4.07. The number of rotatable bonds is 5. The third-order valence-corrected chi connectivity index (χ3v) is 3.38. The van der Waals surface area contributed by atoms with Crippen LogP contribution in [-0.2, 0) is 9.59 Å². The van der Waals surface area contributed by atoms with Gasteiger partial charge in [-0.05, 0) is 19.8 Å². The molecule has 0 aliphatic heterocycles. The second kappa shape index (κ2) is 5.86. The summed E-state index contributed by atoms with van der Waals surface area (Å²) in [6.07, 6.45) is 3.09. The monoisotopic (exact) mass is 265 g/mol. The molecule has 1 aromatic heterocycles. The Kier molecular flexibility index (Phi) is 4.19. The van der Waals surface area contributed by atoms with E-state index >= 15 is 0 Å². The van der Waals surface area contributed by atoms with Gasteiger partial charge in [0, 0.05) is 32.0 Å². The van der Waals surface area contributed by atoms with Gasteiger partial charge in [0.2, 0.25) is 11.8 Å². The van der Waals surface area contributed by atoms with Crippen LogP contribution in [0.25, 0.3) is 0 Å². The van der Waals surface area contributed by atoms with Gasteiger partial charge in [-0.2, -0.15) is 0 Å². The van der Waals surface area contributed by atoms with E-state index in [4.69, 9.17) is 4.52 Å². The van der Waals surface area contributed by atoms with Gasteiger partial charge >= 0.3 is 0 Å². The molecule has 2 rings (SSSR count). The highest BCUT2D eigenvalue weighted by Crippen LogP contribution is 2.26. The van der Waals surface area contributed by atoms with Gasteiger partial charge in [0.25, 0.3) is 0 Å². The molecule has 19 heavy (non-hydrogen) atoms. The summed E-state index contributed by atoms with van der Waals surface area (Å²) in [5, 5.41) is 6.67. The molecule has 0 radical (unpaired) electrons. The van der Waals surface area contributed by atoms with Gasteiger partial charge in [-0.25, -0.2) is 0 Å². The van der Waals surface area contributed by atoms with E-state index < -0.39 is 0 Å². The third kappa shape index (κ3) is 3.33. The first-order valence-electron chi connectivity index (χ1n) is 6.57. The highest BCUT2D eigenvalue weighted by atomic mass is 16.5. The smallest absolute Gasteiger partial charge is 0.225 e. The highest BCUT2D eigenvalue weighted by molar-refractivity contribution is 5.90. The maximum absolute atomic E-state index is 11.7. The van der Waals surface area contributed by atoms with Gasteiger partial charge in [-0.3, -0.25) is 14.5 Å². The minimum atomic E-state index is -0.119. The molecule has 0 atom stereocenters. The Labute approximate surface area is 112 Å². The average Bonchev–Trinajstić information content (AvgIpc) is 2.68. The van der Waals surface area contributed by atoms with Crippen LogP contribution in [0, 0.1) is 12.8 Å². The van der Waals surface area contributed by atoms with Gasteiger partial charge in [0.05, 0.1) is 0 Å². The van der Waals surface area contributed by atoms with Crippen molar-refractivity contribution in [2.45, 2.75) is 33.1 Å². The standard InChI is InChI=1S/C13H19N3O3/c1-9-8-12(15-19-9)16(10(2)17)7-6-14-13(18)11-4-3-5-11/h8,11H,3-7H2,1-2H3,(H,14,18). The number of hydrogen-bond donors (Lipinski definition) is 1. The predicted octanol–water partition coefficient (Wildman–Crippen LogP) is 1.25. The molecule has 0 saturated heterocycles. The predicted molar refractivity (Wildman–Crippen MR) is 69.6 cm³/mol. The summed E-state index contributed by atoms with van der Waals surface area (Å²) in [4.78, 5) is 24.7.